The van der Waals surface area contributed by atoms with Crippen molar-refractivity contribution in [3.8, 4) is 0 Å². The molecule has 0 unspecified atom stereocenters. The number of anilines is 3. The lowest BCUT2D eigenvalue weighted by molar-refractivity contribution is 0.0991. The van der Waals surface area contributed by atoms with Gasteiger partial charge in [0.15, 0.2) is 17.0 Å². The van der Waals surface area contributed by atoms with Crippen LogP contribution in [0.5, 0.6) is 0 Å². The summed E-state index contributed by atoms with van der Waals surface area (Å²) in [4.78, 5) is 13.6. The smallest absolute Gasteiger partial charge is 0.226 e. The zero-order valence-corrected chi connectivity index (χ0v) is 15.1. The molecule has 0 bridgehead atoms. The molecule has 0 radical (unpaired) electrons. The predicted octanol–water partition coefficient (Wildman–Crippen LogP) is 2.32. The second-order valence-corrected chi connectivity index (χ2v) is 5.85. The van der Waals surface area contributed by atoms with Gasteiger partial charge < -0.3 is 25.0 Å². The summed E-state index contributed by atoms with van der Waals surface area (Å²) in [6.45, 7) is 6.23. The molecule has 138 valence electrons. The van der Waals surface area contributed by atoms with Gasteiger partial charge in [0.05, 0.1) is 26.1 Å². The Morgan fingerprint density at radius 2 is 1.96 bits per heavy atom. The monoisotopic (exact) mass is 356 g/mol. The minimum atomic E-state index is 0.0166. The summed E-state index contributed by atoms with van der Waals surface area (Å²) >= 11 is 0. The van der Waals surface area contributed by atoms with Crippen LogP contribution in [-0.2, 0) is 11.3 Å². The van der Waals surface area contributed by atoms with Crippen molar-refractivity contribution in [1.29, 1.82) is 0 Å². The molecule has 8 nitrogen and oxygen atoms in total. The summed E-state index contributed by atoms with van der Waals surface area (Å²) in [5.41, 5.74) is 3.65. The fourth-order valence-electron chi connectivity index (χ4n) is 2.52. The number of aliphatic hydroxyl groups is 1. The van der Waals surface area contributed by atoms with Crippen molar-refractivity contribution in [3.63, 3.8) is 0 Å². The van der Waals surface area contributed by atoms with Crippen molar-refractivity contribution in [2.24, 2.45) is 0 Å². The Hall–Kier alpha value is -2.71. The average Bonchev–Trinajstić information content (AvgIpc) is 3.07. The number of hydrogen-bond donors (Lipinski definition) is 3. The van der Waals surface area contributed by atoms with Crippen LogP contribution in [0, 0.1) is 6.92 Å². The lowest BCUT2D eigenvalue weighted by Crippen LogP contribution is -2.14. The fraction of sp³-hybridized carbons (Fsp3) is 0.389. The number of nitrogens with one attached hydrogen (secondary N) is 2. The van der Waals surface area contributed by atoms with E-state index in [4.69, 9.17) is 9.84 Å². The average molecular weight is 356 g/mol. The van der Waals surface area contributed by atoms with Crippen LogP contribution in [0.15, 0.2) is 30.6 Å². The quantitative estimate of drug-likeness (QED) is 0.506. The first-order valence-corrected chi connectivity index (χ1v) is 8.70. The molecule has 3 aromatic rings. The van der Waals surface area contributed by atoms with E-state index in [2.05, 4.69) is 32.5 Å². The second kappa shape index (κ2) is 8.59. The highest BCUT2D eigenvalue weighted by atomic mass is 16.5. The first kappa shape index (κ1) is 18.1. The molecular weight excluding hydrogens is 332 g/mol. The summed E-state index contributed by atoms with van der Waals surface area (Å²) in [7, 11) is 0. The van der Waals surface area contributed by atoms with E-state index in [9.17, 15) is 0 Å². The summed E-state index contributed by atoms with van der Waals surface area (Å²) in [6, 6.07) is 8.11. The van der Waals surface area contributed by atoms with Crippen LogP contribution in [0.2, 0.25) is 0 Å². The number of hydrogen-bond acceptors (Lipinski definition) is 7. The Labute approximate surface area is 152 Å². The maximum Gasteiger partial charge on any atom is 0.226 e. The van der Waals surface area contributed by atoms with Gasteiger partial charge in [0.25, 0.3) is 0 Å². The van der Waals surface area contributed by atoms with Gasteiger partial charge in [0.1, 0.15) is 0 Å². The second-order valence-electron chi connectivity index (χ2n) is 5.85. The van der Waals surface area contributed by atoms with E-state index in [1.165, 1.54) is 5.56 Å². The fourth-order valence-corrected chi connectivity index (χ4v) is 2.52. The number of aliphatic hydroxyl groups excluding tert-OH is 1. The van der Waals surface area contributed by atoms with E-state index in [-0.39, 0.29) is 6.61 Å². The van der Waals surface area contributed by atoms with Gasteiger partial charge in [-0.15, -0.1) is 0 Å². The molecule has 2 heterocycles. The highest BCUT2D eigenvalue weighted by molar-refractivity contribution is 5.86. The third-order valence-electron chi connectivity index (χ3n) is 3.88. The number of ether oxygens (including phenoxy) is 1. The summed E-state index contributed by atoms with van der Waals surface area (Å²) < 4.78 is 7.23. The maximum absolute atomic E-state index is 8.74. The van der Waals surface area contributed by atoms with Crippen molar-refractivity contribution >= 4 is 28.6 Å². The third-order valence-corrected chi connectivity index (χ3v) is 3.88. The highest BCUT2D eigenvalue weighted by Crippen LogP contribution is 2.24. The molecule has 0 spiro atoms. The van der Waals surface area contributed by atoms with Crippen LogP contribution < -0.4 is 10.6 Å². The van der Waals surface area contributed by atoms with Crippen LogP contribution in [0.25, 0.3) is 11.2 Å². The normalized spacial score (nSPS) is 11.0. The first-order valence-electron chi connectivity index (χ1n) is 8.70. The standard InChI is InChI=1S/C18H24N6O2/c1-3-24-12-20-15-16(21-14-6-4-13(2)5-7-14)22-18(23-17(15)24)19-8-10-26-11-9-25/h4-7,12,25H,3,8-11H2,1-2H3,(H2,19,21,22,23). The van der Waals surface area contributed by atoms with Gasteiger partial charge in [-0.05, 0) is 26.0 Å². The molecule has 0 saturated heterocycles. The van der Waals surface area contributed by atoms with Gasteiger partial charge in [-0.2, -0.15) is 9.97 Å². The van der Waals surface area contributed by atoms with Gasteiger partial charge in [-0.3, -0.25) is 0 Å². The van der Waals surface area contributed by atoms with Gasteiger partial charge in [0.2, 0.25) is 5.95 Å². The lowest BCUT2D eigenvalue weighted by Gasteiger charge is -2.11. The minimum absolute atomic E-state index is 0.0166. The number of aryl methyl sites for hydroxylation is 2. The highest BCUT2D eigenvalue weighted by Gasteiger charge is 2.13. The molecule has 2 aromatic heterocycles. The van der Waals surface area contributed by atoms with Gasteiger partial charge in [-0.1, -0.05) is 17.7 Å². The van der Waals surface area contributed by atoms with Crippen LogP contribution in [0.3, 0.4) is 0 Å². The summed E-state index contributed by atoms with van der Waals surface area (Å²) in [6.07, 6.45) is 1.77. The van der Waals surface area contributed by atoms with Crippen LogP contribution in [0.4, 0.5) is 17.5 Å². The molecule has 0 atom stereocenters. The van der Waals surface area contributed by atoms with E-state index in [0.29, 0.717) is 31.5 Å². The summed E-state index contributed by atoms with van der Waals surface area (Å²) in [5.74, 6) is 1.17. The van der Waals surface area contributed by atoms with Gasteiger partial charge in [-0.25, -0.2) is 4.98 Å². The zero-order chi connectivity index (χ0) is 18.4. The van der Waals surface area contributed by atoms with Crippen molar-refractivity contribution in [2.75, 3.05) is 37.0 Å². The molecule has 0 amide bonds. The van der Waals surface area contributed by atoms with Crippen LogP contribution in [-0.4, -0.2) is 51.0 Å². The zero-order valence-electron chi connectivity index (χ0n) is 15.1. The van der Waals surface area contributed by atoms with Crippen molar-refractivity contribution < 1.29 is 9.84 Å². The molecule has 3 N–H and O–H groups in total. The molecule has 1 aromatic carbocycles. The van der Waals surface area contributed by atoms with Crippen molar-refractivity contribution in [2.45, 2.75) is 20.4 Å². The number of rotatable bonds is 9. The Morgan fingerprint density at radius 3 is 2.69 bits per heavy atom. The molecule has 0 fully saturated rings. The molecule has 26 heavy (non-hydrogen) atoms. The minimum Gasteiger partial charge on any atom is -0.394 e. The molecule has 8 heteroatoms. The van der Waals surface area contributed by atoms with Crippen molar-refractivity contribution in [1.82, 2.24) is 19.5 Å². The Kier molecular flexibility index (Phi) is 5.98. The SMILES string of the molecule is CCn1cnc2c(Nc3ccc(C)cc3)nc(NCCOCCO)nc21. The number of imidazole rings is 1. The van der Waals surface area contributed by atoms with Crippen molar-refractivity contribution in [3.05, 3.63) is 36.2 Å². The van der Waals surface area contributed by atoms with E-state index < -0.39 is 0 Å². The number of aromatic nitrogens is 4. The van der Waals surface area contributed by atoms with E-state index in [0.717, 1.165) is 23.4 Å². The lowest BCUT2D eigenvalue weighted by atomic mass is 10.2. The van der Waals surface area contributed by atoms with Crippen LogP contribution in [0.1, 0.15) is 12.5 Å². The molecular formula is C18H24N6O2. The van der Waals surface area contributed by atoms with E-state index >= 15 is 0 Å². The first-order chi connectivity index (χ1) is 12.7. The molecule has 0 aliphatic rings. The summed E-state index contributed by atoms with van der Waals surface area (Å²) in [5, 5.41) is 15.2. The van der Waals surface area contributed by atoms with E-state index in [1.54, 1.807) is 6.33 Å². The largest absolute Gasteiger partial charge is 0.394 e. The van der Waals surface area contributed by atoms with Gasteiger partial charge in [0, 0.05) is 18.8 Å². The topological polar surface area (TPSA) is 97.1 Å². The van der Waals surface area contributed by atoms with Gasteiger partial charge >= 0.3 is 0 Å². The Morgan fingerprint density at radius 1 is 1.15 bits per heavy atom. The predicted molar refractivity (Wildman–Crippen MR) is 102 cm³/mol. The number of fused-ring (bicyclic) bond motifs is 1. The van der Waals surface area contributed by atoms with Crippen LogP contribution >= 0.6 is 0 Å². The molecule has 3 rings (SSSR count). The molecule has 0 saturated carbocycles. The third kappa shape index (κ3) is 4.27. The number of nitrogens with zero attached hydrogens (tertiary/aromatic N) is 4. The molecule has 0 aliphatic carbocycles. The Bertz CT molecular complexity index is 847. The Balaban J connectivity index is 1.84. The maximum atomic E-state index is 8.74. The number of benzene rings is 1. The molecule has 0 aliphatic heterocycles. The van der Waals surface area contributed by atoms with E-state index in [1.807, 2.05) is 35.8 Å².